The maximum Gasteiger partial charge on any atom is 0.245 e. The fourth-order valence-corrected chi connectivity index (χ4v) is 2.91. The summed E-state index contributed by atoms with van der Waals surface area (Å²) < 4.78 is 0. The van der Waals surface area contributed by atoms with Crippen LogP contribution >= 0.6 is 11.3 Å². The van der Waals surface area contributed by atoms with Gasteiger partial charge in [0.1, 0.15) is 10.8 Å². The lowest BCUT2D eigenvalue weighted by atomic mass is 10.2. The number of carbonyl (C=O) groups is 1. The van der Waals surface area contributed by atoms with E-state index in [1.54, 1.807) is 24.3 Å². The van der Waals surface area contributed by atoms with E-state index >= 15 is 0 Å². The number of anilines is 2. The Kier molecular flexibility index (Phi) is 6.34. The molecule has 23 heavy (non-hydrogen) atoms. The van der Waals surface area contributed by atoms with Crippen LogP contribution in [0.5, 0.6) is 5.75 Å². The van der Waals surface area contributed by atoms with Crippen molar-refractivity contribution in [3.8, 4) is 5.75 Å². The van der Waals surface area contributed by atoms with E-state index in [1.165, 1.54) is 11.3 Å². The molecule has 0 atom stereocenters. The summed E-state index contributed by atoms with van der Waals surface area (Å²) in [7, 11) is 0. The second-order valence-corrected chi connectivity index (χ2v) is 6.25. The summed E-state index contributed by atoms with van der Waals surface area (Å²) in [5.74, 6) is 0.0841. The maximum absolute atomic E-state index is 12.2. The number of aromatic hydroxyl groups is 1. The van der Waals surface area contributed by atoms with E-state index in [0.717, 1.165) is 30.0 Å². The lowest BCUT2D eigenvalue weighted by Gasteiger charge is -2.22. The molecule has 0 fully saturated rings. The molecule has 2 N–H and O–H groups in total. The van der Waals surface area contributed by atoms with Gasteiger partial charge in [0, 0.05) is 18.7 Å². The molecule has 0 aliphatic rings. The largest absolute Gasteiger partial charge is 0.508 e. The fraction of sp³-hybridized carbons (Fsp3) is 0.438. The molecule has 0 aliphatic carbocycles. The topological polar surface area (TPSA) is 78.4 Å². The normalized spacial score (nSPS) is 10.5. The van der Waals surface area contributed by atoms with Crippen LogP contribution < -0.4 is 10.2 Å². The molecule has 0 unspecified atom stereocenters. The number of hydrogen-bond donors (Lipinski definition) is 2. The number of likely N-dealkylation sites (N-methyl/N-ethyl adjacent to an activating group) is 1. The molecule has 1 heterocycles. The molecular formula is C16H22N4O2S. The molecule has 0 spiro atoms. The van der Waals surface area contributed by atoms with Crippen LogP contribution in [0.4, 0.5) is 10.8 Å². The summed E-state index contributed by atoms with van der Waals surface area (Å²) in [5.41, 5.74) is 0.890. The van der Waals surface area contributed by atoms with Crippen molar-refractivity contribution in [2.75, 3.05) is 23.3 Å². The highest BCUT2D eigenvalue weighted by atomic mass is 32.1. The van der Waals surface area contributed by atoms with Gasteiger partial charge in [-0.2, -0.15) is 0 Å². The van der Waals surface area contributed by atoms with Gasteiger partial charge in [-0.05, 0) is 37.6 Å². The van der Waals surface area contributed by atoms with Crippen LogP contribution in [0, 0.1) is 0 Å². The zero-order valence-corrected chi connectivity index (χ0v) is 14.3. The second-order valence-electron chi connectivity index (χ2n) is 5.18. The predicted octanol–water partition coefficient (Wildman–Crippen LogP) is 3.05. The van der Waals surface area contributed by atoms with Gasteiger partial charge < -0.3 is 10.0 Å². The first-order chi connectivity index (χ1) is 11.1. The molecule has 124 valence electrons. The number of amides is 1. The lowest BCUT2D eigenvalue weighted by Crippen LogP contribution is -2.33. The predicted molar refractivity (Wildman–Crippen MR) is 93.1 cm³/mol. The molecule has 6 nitrogen and oxygen atoms in total. The number of phenols is 1. The Bertz CT molecular complexity index is 627. The highest BCUT2D eigenvalue weighted by molar-refractivity contribution is 7.15. The molecule has 0 bridgehead atoms. The van der Waals surface area contributed by atoms with Crippen molar-refractivity contribution in [1.29, 1.82) is 0 Å². The fourth-order valence-electron chi connectivity index (χ4n) is 2.11. The number of nitrogens with zero attached hydrogens (tertiary/aromatic N) is 3. The van der Waals surface area contributed by atoms with Gasteiger partial charge in [-0.25, -0.2) is 0 Å². The quantitative estimate of drug-likeness (QED) is 0.776. The Hall–Kier alpha value is -2.15. The van der Waals surface area contributed by atoms with E-state index in [2.05, 4.69) is 22.4 Å². The van der Waals surface area contributed by atoms with E-state index in [0.29, 0.717) is 11.7 Å². The van der Waals surface area contributed by atoms with Crippen molar-refractivity contribution in [1.82, 2.24) is 10.2 Å². The molecule has 2 aromatic rings. The van der Waals surface area contributed by atoms with Gasteiger partial charge in [0.25, 0.3) is 0 Å². The summed E-state index contributed by atoms with van der Waals surface area (Å²) in [6.45, 7) is 5.03. The van der Waals surface area contributed by atoms with Crippen LogP contribution in [-0.2, 0) is 11.2 Å². The smallest absolute Gasteiger partial charge is 0.245 e. The Morgan fingerprint density at radius 1 is 1.26 bits per heavy atom. The number of aromatic nitrogens is 2. The van der Waals surface area contributed by atoms with Crippen LogP contribution in [0.25, 0.3) is 0 Å². The SMILES string of the molecule is CCCCc1nnc(NC(=O)CN(CC)c2ccc(O)cc2)s1. The molecule has 7 heteroatoms. The molecule has 0 radical (unpaired) electrons. The van der Waals surface area contributed by atoms with Crippen molar-refractivity contribution < 1.29 is 9.90 Å². The van der Waals surface area contributed by atoms with Crippen molar-refractivity contribution >= 4 is 28.1 Å². The summed E-state index contributed by atoms with van der Waals surface area (Å²) in [6, 6.07) is 6.81. The van der Waals surface area contributed by atoms with Gasteiger partial charge in [-0.15, -0.1) is 10.2 Å². The third-order valence-electron chi connectivity index (χ3n) is 3.39. The lowest BCUT2D eigenvalue weighted by molar-refractivity contribution is -0.115. The number of carbonyl (C=O) groups excluding carboxylic acids is 1. The van der Waals surface area contributed by atoms with Crippen molar-refractivity contribution in [2.24, 2.45) is 0 Å². The van der Waals surface area contributed by atoms with E-state index < -0.39 is 0 Å². The maximum atomic E-state index is 12.2. The van der Waals surface area contributed by atoms with Gasteiger partial charge in [0.05, 0.1) is 6.54 Å². The van der Waals surface area contributed by atoms with Crippen LogP contribution in [0.2, 0.25) is 0 Å². The van der Waals surface area contributed by atoms with Crippen LogP contribution in [0.15, 0.2) is 24.3 Å². The van der Waals surface area contributed by atoms with Gasteiger partial charge in [-0.1, -0.05) is 24.7 Å². The van der Waals surface area contributed by atoms with Crippen LogP contribution in [0.1, 0.15) is 31.7 Å². The minimum absolute atomic E-state index is 0.127. The van der Waals surface area contributed by atoms with Gasteiger partial charge in [0.15, 0.2) is 0 Å². The van der Waals surface area contributed by atoms with Gasteiger partial charge in [0.2, 0.25) is 11.0 Å². The van der Waals surface area contributed by atoms with Crippen LogP contribution in [-0.4, -0.2) is 34.3 Å². The Labute approximate surface area is 140 Å². The average molecular weight is 334 g/mol. The highest BCUT2D eigenvalue weighted by Gasteiger charge is 2.12. The Morgan fingerprint density at radius 2 is 2.00 bits per heavy atom. The zero-order chi connectivity index (χ0) is 16.7. The first-order valence-corrected chi connectivity index (χ1v) is 8.60. The number of hydrogen-bond acceptors (Lipinski definition) is 6. The Morgan fingerprint density at radius 3 is 2.65 bits per heavy atom. The average Bonchev–Trinajstić information content (AvgIpc) is 2.99. The number of unbranched alkanes of at least 4 members (excludes halogenated alkanes) is 1. The van der Waals surface area contributed by atoms with Gasteiger partial charge in [-0.3, -0.25) is 10.1 Å². The molecule has 0 saturated carbocycles. The molecule has 1 aromatic heterocycles. The first-order valence-electron chi connectivity index (χ1n) is 7.78. The number of nitrogens with one attached hydrogen (secondary N) is 1. The van der Waals surface area contributed by atoms with E-state index in [-0.39, 0.29) is 18.2 Å². The minimum Gasteiger partial charge on any atom is -0.508 e. The summed E-state index contributed by atoms with van der Waals surface area (Å²) in [6.07, 6.45) is 3.09. The molecule has 0 aliphatic heterocycles. The monoisotopic (exact) mass is 334 g/mol. The van der Waals surface area contributed by atoms with Gasteiger partial charge >= 0.3 is 0 Å². The first kappa shape index (κ1) is 17.2. The van der Waals surface area contributed by atoms with E-state index in [9.17, 15) is 9.90 Å². The van der Waals surface area contributed by atoms with Crippen molar-refractivity contribution in [2.45, 2.75) is 33.1 Å². The number of benzene rings is 1. The zero-order valence-electron chi connectivity index (χ0n) is 13.5. The minimum atomic E-state index is -0.127. The standard InChI is InChI=1S/C16H22N4O2S/c1-3-5-6-15-18-19-16(23-15)17-14(22)11-20(4-2)12-7-9-13(21)10-8-12/h7-10,21H,3-6,11H2,1-2H3,(H,17,19,22). The summed E-state index contributed by atoms with van der Waals surface area (Å²) in [5, 5.41) is 21.7. The third kappa shape index (κ3) is 5.21. The van der Waals surface area contributed by atoms with Crippen molar-refractivity contribution in [3.05, 3.63) is 29.3 Å². The third-order valence-corrected chi connectivity index (χ3v) is 4.29. The number of aryl methyl sites for hydroxylation is 1. The highest BCUT2D eigenvalue weighted by Crippen LogP contribution is 2.19. The summed E-state index contributed by atoms with van der Waals surface area (Å²) in [4.78, 5) is 14.1. The van der Waals surface area contributed by atoms with Crippen LogP contribution in [0.3, 0.4) is 0 Å². The van der Waals surface area contributed by atoms with E-state index in [4.69, 9.17) is 0 Å². The Balaban J connectivity index is 1.92. The number of phenolic OH excluding ortho intramolecular Hbond substituents is 1. The number of rotatable bonds is 8. The second kappa shape index (κ2) is 8.47. The molecule has 2 rings (SSSR count). The molecule has 0 saturated heterocycles. The van der Waals surface area contributed by atoms with Crippen molar-refractivity contribution in [3.63, 3.8) is 0 Å². The molecular weight excluding hydrogens is 312 g/mol. The molecule has 1 aromatic carbocycles. The molecule has 1 amide bonds. The van der Waals surface area contributed by atoms with E-state index in [1.807, 2.05) is 11.8 Å². The summed E-state index contributed by atoms with van der Waals surface area (Å²) >= 11 is 1.43.